The standard InChI is InChI=1S/C11H14N2O/c14-8-9-2-4-10(5-3-9)11-12-6-1-7-13-11/h2-5,14H,1,6-8H2,(H,12,13). The van der Waals surface area contributed by atoms with Gasteiger partial charge in [-0.2, -0.15) is 0 Å². The highest BCUT2D eigenvalue weighted by Crippen LogP contribution is 2.06. The number of amidine groups is 1. The molecule has 14 heavy (non-hydrogen) atoms. The summed E-state index contributed by atoms with van der Waals surface area (Å²) in [5.74, 6) is 0.973. The monoisotopic (exact) mass is 190 g/mol. The number of aliphatic hydroxyl groups excluding tert-OH is 1. The maximum atomic E-state index is 8.89. The van der Waals surface area contributed by atoms with Crippen molar-refractivity contribution in [3.63, 3.8) is 0 Å². The number of rotatable bonds is 2. The minimum Gasteiger partial charge on any atom is -0.392 e. The Kier molecular flexibility index (Phi) is 2.79. The molecule has 0 atom stereocenters. The summed E-state index contributed by atoms with van der Waals surface area (Å²) in [5, 5.41) is 12.2. The molecule has 1 aliphatic heterocycles. The summed E-state index contributed by atoms with van der Waals surface area (Å²) in [6.45, 7) is 2.00. The first-order valence-corrected chi connectivity index (χ1v) is 4.88. The third kappa shape index (κ3) is 1.93. The van der Waals surface area contributed by atoms with Gasteiger partial charge in [-0.1, -0.05) is 24.3 Å². The van der Waals surface area contributed by atoms with E-state index in [-0.39, 0.29) is 6.61 Å². The summed E-state index contributed by atoms with van der Waals surface area (Å²) in [4.78, 5) is 4.40. The molecule has 74 valence electrons. The van der Waals surface area contributed by atoms with Gasteiger partial charge in [-0.3, -0.25) is 4.99 Å². The quantitative estimate of drug-likeness (QED) is 0.728. The van der Waals surface area contributed by atoms with Crippen LogP contribution >= 0.6 is 0 Å². The molecule has 0 amide bonds. The SMILES string of the molecule is OCc1ccc(C2=NCCCN2)cc1. The Morgan fingerprint density at radius 2 is 2.07 bits per heavy atom. The Labute approximate surface area is 83.5 Å². The second kappa shape index (κ2) is 4.24. The van der Waals surface area contributed by atoms with Crippen molar-refractivity contribution in [2.45, 2.75) is 13.0 Å². The lowest BCUT2D eigenvalue weighted by molar-refractivity contribution is 0.282. The Bertz CT molecular complexity index is 330. The molecule has 0 aromatic heterocycles. The number of aliphatic hydroxyl groups is 1. The number of aliphatic imine (C=N–C) groups is 1. The van der Waals surface area contributed by atoms with Gasteiger partial charge in [0.15, 0.2) is 0 Å². The molecular formula is C11H14N2O. The van der Waals surface area contributed by atoms with Crippen LogP contribution in [0, 0.1) is 0 Å². The summed E-state index contributed by atoms with van der Waals surface area (Å²) in [6.07, 6.45) is 1.11. The van der Waals surface area contributed by atoms with Crippen LogP contribution in [-0.4, -0.2) is 24.0 Å². The highest BCUT2D eigenvalue weighted by molar-refractivity contribution is 5.99. The zero-order valence-electron chi connectivity index (χ0n) is 8.03. The fourth-order valence-electron chi connectivity index (χ4n) is 1.49. The number of benzene rings is 1. The van der Waals surface area contributed by atoms with E-state index in [1.54, 1.807) is 0 Å². The van der Waals surface area contributed by atoms with Gasteiger partial charge in [0.05, 0.1) is 6.61 Å². The van der Waals surface area contributed by atoms with Crippen molar-refractivity contribution >= 4 is 5.84 Å². The molecule has 2 N–H and O–H groups in total. The lowest BCUT2D eigenvalue weighted by Gasteiger charge is -2.14. The summed E-state index contributed by atoms with van der Waals surface area (Å²) < 4.78 is 0. The van der Waals surface area contributed by atoms with Gasteiger partial charge in [-0.05, 0) is 12.0 Å². The van der Waals surface area contributed by atoms with Crippen LogP contribution in [0.3, 0.4) is 0 Å². The zero-order chi connectivity index (χ0) is 9.80. The Balaban J connectivity index is 2.19. The molecule has 0 saturated heterocycles. The van der Waals surface area contributed by atoms with Crippen LogP contribution in [0.2, 0.25) is 0 Å². The lowest BCUT2D eigenvalue weighted by Crippen LogP contribution is -2.30. The maximum Gasteiger partial charge on any atom is 0.128 e. The Hall–Kier alpha value is -1.35. The van der Waals surface area contributed by atoms with Crippen LogP contribution in [0.25, 0.3) is 0 Å². The van der Waals surface area contributed by atoms with Crippen molar-refractivity contribution in [1.29, 1.82) is 0 Å². The van der Waals surface area contributed by atoms with E-state index >= 15 is 0 Å². The van der Waals surface area contributed by atoms with Crippen molar-refractivity contribution in [1.82, 2.24) is 5.32 Å². The molecule has 0 saturated carbocycles. The number of nitrogens with one attached hydrogen (secondary N) is 1. The molecule has 0 spiro atoms. The van der Waals surface area contributed by atoms with Gasteiger partial charge in [0.2, 0.25) is 0 Å². The summed E-state index contributed by atoms with van der Waals surface area (Å²) in [5.41, 5.74) is 2.03. The Morgan fingerprint density at radius 1 is 1.29 bits per heavy atom. The van der Waals surface area contributed by atoms with E-state index in [9.17, 15) is 0 Å². The smallest absolute Gasteiger partial charge is 0.128 e. The predicted molar refractivity (Wildman–Crippen MR) is 56.4 cm³/mol. The first kappa shape index (κ1) is 9.21. The number of hydrogen-bond donors (Lipinski definition) is 2. The minimum absolute atomic E-state index is 0.0974. The van der Waals surface area contributed by atoms with Crippen LogP contribution in [0.5, 0.6) is 0 Å². The molecule has 0 radical (unpaired) electrons. The molecule has 3 heteroatoms. The van der Waals surface area contributed by atoms with Crippen LogP contribution in [0.15, 0.2) is 29.3 Å². The summed E-state index contributed by atoms with van der Waals surface area (Å²) in [6, 6.07) is 7.83. The van der Waals surface area contributed by atoms with Gasteiger partial charge < -0.3 is 10.4 Å². The maximum absolute atomic E-state index is 8.89. The third-order valence-corrected chi connectivity index (χ3v) is 2.31. The van der Waals surface area contributed by atoms with E-state index in [2.05, 4.69) is 10.3 Å². The van der Waals surface area contributed by atoms with Gasteiger partial charge in [0.1, 0.15) is 5.84 Å². The summed E-state index contributed by atoms with van der Waals surface area (Å²) in [7, 11) is 0. The topological polar surface area (TPSA) is 44.6 Å². The highest BCUT2D eigenvalue weighted by Gasteiger charge is 2.05. The second-order valence-electron chi connectivity index (χ2n) is 3.37. The molecule has 1 aromatic rings. The highest BCUT2D eigenvalue weighted by atomic mass is 16.3. The predicted octanol–water partition coefficient (Wildman–Crippen LogP) is 0.919. The van der Waals surface area contributed by atoms with Crippen LogP contribution in [-0.2, 0) is 6.61 Å². The van der Waals surface area contributed by atoms with E-state index in [0.717, 1.165) is 36.5 Å². The van der Waals surface area contributed by atoms with Crippen LogP contribution in [0.4, 0.5) is 0 Å². The second-order valence-corrected chi connectivity index (χ2v) is 3.37. The number of hydrogen-bond acceptors (Lipinski definition) is 3. The van der Waals surface area contributed by atoms with E-state index in [4.69, 9.17) is 5.11 Å². The van der Waals surface area contributed by atoms with E-state index in [1.165, 1.54) is 0 Å². The van der Waals surface area contributed by atoms with Gasteiger partial charge in [0, 0.05) is 18.7 Å². The molecule has 2 rings (SSSR count). The average molecular weight is 190 g/mol. The Morgan fingerprint density at radius 3 is 2.64 bits per heavy atom. The van der Waals surface area contributed by atoms with Crippen molar-refractivity contribution in [3.8, 4) is 0 Å². The van der Waals surface area contributed by atoms with Crippen LogP contribution in [0.1, 0.15) is 17.5 Å². The van der Waals surface area contributed by atoms with Gasteiger partial charge in [-0.15, -0.1) is 0 Å². The molecule has 3 nitrogen and oxygen atoms in total. The molecule has 1 heterocycles. The minimum atomic E-state index is 0.0974. The molecule has 1 aliphatic rings. The van der Waals surface area contributed by atoms with E-state index in [1.807, 2.05) is 24.3 Å². The first-order chi connectivity index (χ1) is 6.90. The van der Waals surface area contributed by atoms with Gasteiger partial charge >= 0.3 is 0 Å². The fourth-order valence-corrected chi connectivity index (χ4v) is 1.49. The molecule has 1 aromatic carbocycles. The molecular weight excluding hydrogens is 176 g/mol. The molecule has 0 bridgehead atoms. The summed E-state index contributed by atoms with van der Waals surface area (Å²) >= 11 is 0. The largest absolute Gasteiger partial charge is 0.392 e. The third-order valence-electron chi connectivity index (χ3n) is 2.31. The average Bonchev–Trinajstić information content (AvgIpc) is 2.30. The van der Waals surface area contributed by atoms with Gasteiger partial charge in [0.25, 0.3) is 0 Å². The normalized spacial score (nSPS) is 15.9. The molecule has 0 aliphatic carbocycles. The van der Waals surface area contributed by atoms with Crippen molar-refractivity contribution < 1.29 is 5.11 Å². The van der Waals surface area contributed by atoms with Gasteiger partial charge in [-0.25, -0.2) is 0 Å². The van der Waals surface area contributed by atoms with Crippen molar-refractivity contribution in [2.75, 3.05) is 13.1 Å². The van der Waals surface area contributed by atoms with Crippen molar-refractivity contribution in [2.24, 2.45) is 4.99 Å². The van der Waals surface area contributed by atoms with Crippen molar-refractivity contribution in [3.05, 3.63) is 35.4 Å². The van der Waals surface area contributed by atoms with Crippen LogP contribution < -0.4 is 5.32 Å². The fraction of sp³-hybridized carbons (Fsp3) is 0.364. The molecule has 0 unspecified atom stereocenters. The zero-order valence-corrected chi connectivity index (χ0v) is 8.03. The van der Waals surface area contributed by atoms with E-state index in [0.29, 0.717) is 0 Å². The molecule has 0 fully saturated rings. The lowest BCUT2D eigenvalue weighted by atomic mass is 10.1. The van der Waals surface area contributed by atoms with E-state index < -0.39 is 0 Å². The number of nitrogens with zero attached hydrogens (tertiary/aromatic N) is 1. The first-order valence-electron chi connectivity index (χ1n) is 4.88.